The average molecular weight is 450 g/mol. The van der Waals surface area contributed by atoms with Gasteiger partial charge in [0.25, 0.3) is 5.91 Å². The van der Waals surface area contributed by atoms with Gasteiger partial charge in [0.1, 0.15) is 17.4 Å². The van der Waals surface area contributed by atoms with Gasteiger partial charge in [0.2, 0.25) is 0 Å². The molecule has 0 radical (unpaired) electrons. The van der Waals surface area contributed by atoms with Crippen molar-refractivity contribution >= 4 is 43.8 Å². The van der Waals surface area contributed by atoms with E-state index in [-0.39, 0.29) is 17.4 Å². The molecule has 0 aromatic heterocycles. The van der Waals surface area contributed by atoms with Crippen molar-refractivity contribution in [1.82, 2.24) is 5.32 Å². The smallest absolute Gasteiger partial charge is 0.262 e. The Kier molecular flexibility index (Phi) is 6.18. The number of nitrogens with one attached hydrogen (secondary N) is 1. The minimum absolute atomic E-state index is 0.0118. The van der Waals surface area contributed by atoms with E-state index in [1.807, 2.05) is 43.3 Å². The number of rotatable bonds is 4. The van der Waals surface area contributed by atoms with Gasteiger partial charge in [-0.3, -0.25) is 4.79 Å². The summed E-state index contributed by atoms with van der Waals surface area (Å²) in [6.45, 7) is 1.86. The fraction of sp³-hybridized carbons (Fsp3) is 0.111. The Balaban J connectivity index is 2.22. The van der Waals surface area contributed by atoms with Gasteiger partial charge in [-0.05, 0) is 68.1 Å². The third-order valence-corrected chi connectivity index (χ3v) is 4.57. The lowest BCUT2D eigenvalue weighted by Gasteiger charge is -2.13. The van der Waals surface area contributed by atoms with Gasteiger partial charge in [-0.1, -0.05) is 30.3 Å². The van der Waals surface area contributed by atoms with E-state index in [4.69, 9.17) is 0 Å². The first-order valence-electron chi connectivity index (χ1n) is 7.08. The highest BCUT2D eigenvalue weighted by Crippen LogP contribution is 2.34. The second kappa shape index (κ2) is 8.13. The molecule has 122 valence electrons. The maximum Gasteiger partial charge on any atom is 0.262 e. The number of carbonyl (C=O) groups is 1. The number of hydrogen-bond donors (Lipinski definition) is 2. The summed E-state index contributed by atoms with van der Waals surface area (Å²) in [7, 11) is 0. The summed E-state index contributed by atoms with van der Waals surface area (Å²) in [5.74, 6) is -0.387. The van der Waals surface area contributed by atoms with Crippen molar-refractivity contribution in [3.63, 3.8) is 0 Å². The maximum atomic E-state index is 12.3. The molecule has 1 atom stereocenters. The quantitative estimate of drug-likeness (QED) is 0.524. The molecule has 24 heavy (non-hydrogen) atoms. The fourth-order valence-corrected chi connectivity index (χ4v) is 3.31. The predicted octanol–water partition coefficient (Wildman–Crippen LogP) is 4.70. The van der Waals surface area contributed by atoms with Crippen LogP contribution in [-0.2, 0) is 4.79 Å². The molecule has 2 rings (SSSR count). The van der Waals surface area contributed by atoms with Crippen LogP contribution in [0.4, 0.5) is 0 Å². The van der Waals surface area contributed by atoms with E-state index in [1.54, 1.807) is 12.1 Å². The van der Waals surface area contributed by atoms with E-state index in [0.29, 0.717) is 14.5 Å². The molecule has 6 heteroatoms. The number of amides is 1. The van der Waals surface area contributed by atoms with Gasteiger partial charge < -0.3 is 10.4 Å². The van der Waals surface area contributed by atoms with Gasteiger partial charge >= 0.3 is 0 Å². The van der Waals surface area contributed by atoms with Crippen molar-refractivity contribution in [3.8, 4) is 11.8 Å². The molecule has 0 bridgehead atoms. The Bertz CT molecular complexity index is 804. The van der Waals surface area contributed by atoms with E-state index in [2.05, 4.69) is 37.2 Å². The van der Waals surface area contributed by atoms with Crippen LogP contribution >= 0.6 is 31.9 Å². The van der Waals surface area contributed by atoms with Gasteiger partial charge in [-0.25, -0.2) is 0 Å². The summed E-state index contributed by atoms with van der Waals surface area (Å²) in [6.07, 6.45) is 1.47. The molecule has 0 aliphatic heterocycles. The summed E-state index contributed by atoms with van der Waals surface area (Å²) < 4.78 is 0.942. The Morgan fingerprint density at radius 1 is 1.25 bits per heavy atom. The SMILES string of the molecule is CC(NC(=O)/C(C#N)=C\c1cc(Br)c(O)c(Br)c1)c1ccccc1. The van der Waals surface area contributed by atoms with E-state index in [1.165, 1.54) is 6.08 Å². The van der Waals surface area contributed by atoms with Crippen LogP contribution in [0.15, 0.2) is 57.0 Å². The number of halogens is 2. The molecule has 0 saturated heterocycles. The molecule has 0 saturated carbocycles. The number of phenolic OH excluding ortho intramolecular Hbond substituents is 1. The van der Waals surface area contributed by atoms with Crippen LogP contribution in [0.5, 0.6) is 5.75 Å². The highest BCUT2D eigenvalue weighted by atomic mass is 79.9. The maximum absolute atomic E-state index is 12.3. The van der Waals surface area contributed by atoms with Crippen molar-refractivity contribution in [2.45, 2.75) is 13.0 Å². The highest BCUT2D eigenvalue weighted by molar-refractivity contribution is 9.11. The number of hydrogen-bond acceptors (Lipinski definition) is 3. The monoisotopic (exact) mass is 448 g/mol. The molecule has 1 unspecified atom stereocenters. The van der Waals surface area contributed by atoms with E-state index in [0.717, 1.165) is 5.56 Å². The lowest BCUT2D eigenvalue weighted by atomic mass is 10.1. The zero-order valence-electron chi connectivity index (χ0n) is 12.8. The van der Waals surface area contributed by atoms with Crippen LogP contribution in [0.1, 0.15) is 24.1 Å². The molecule has 0 aliphatic carbocycles. The van der Waals surface area contributed by atoms with Crippen LogP contribution < -0.4 is 5.32 Å². The standard InChI is InChI=1S/C18H14Br2N2O2/c1-11(13-5-3-2-4-6-13)22-18(24)14(10-21)7-12-8-15(19)17(23)16(20)9-12/h2-9,11,23H,1H3,(H,22,24)/b14-7-. The van der Waals surface area contributed by atoms with Gasteiger partial charge in [0.15, 0.2) is 0 Å². The molecule has 2 aromatic carbocycles. The number of carbonyl (C=O) groups excluding carboxylic acids is 1. The van der Waals surface area contributed by atoms with E-state index < -0.39 is 5.91 Å². The molecule has 0 aliphatic rings. The van der Waals surface area contributed by atoms with Crippen molar-refractivity contribution in [2.24, 2.45) is 0 Å². The van der Waals surface area contributed by atoms with Crippen LogP contribution in [0, 0.1) is 11.3 Å². The van der Waals surface area contributed by atoms with Gasteiger partial charge in [0.05, 0.1) is 15.0 Å². The van der Waals surface area contributed by atoms with Gasteiger partial charge in [-0.2, -0.15) is 5.26 Å². The van der Waals surface area contributed by atoms with Crippen molar-refractivity contribution in [3.05, 3.63) is 68.1 Å². The zero-order chi connectivity index (χ0) is 17.7. The largest absolute Gasteiger partial charge is 0.506 e. The number of nitrogens with zero attached hydrogens (tertiary/aromatic N) is 1. The third kappa shape index (κ3) is 4.47. The minimum Gasteiger partial charge on any atom is -0.506 e. The molecule has 2 N–H and O–H groups in total. The number of benzene rings is 2. The third-order valence-electron chi connectivity index (χ3n) is 3.36. The molecule has 0 spiro atoms. The highest BCUT2D eigenvalue weighted by Gasteiger charge is 2.14. The minimum atomic E-state index is -0.450. The van der Waals surface area contributed by atoms with Crippen molar-refractivity contribution in [1.29, 1.82) is 5.26 Å². The topological polar surface area (TPSA) is 73.1 Å². The first-order chi connectivity index (χ1) is 11.4. The molecule has 0 heterocycles. The summed E-state index contributed by atoms with van der Waals surface area (Å²) in [5, 5.41) is 21.8. The van der Waals surface area contributed by atoms with E-state index in [9.17, 15) is 15.2 Å². The zero-order valence-corrected chi connectivity index (χ0v) is 15.9. The summed E-state index contributed by atoms with van der Waals surface area (Å²) >= 11 is 6.45. The summed E-state index contributed by atoms with van der Waals surface area (Å²) in [5.41, 5.74) is 1.56. The summed E-state index contributed by atoms with van der Waals surface area (Å²) in [6, 6.07) is 14.5. The van der Waals surface area contributed by atoms with Crippen LogP contribution in [0.25, 0.3) is 6.08 Å². The second-order valence-corrected chi connectivity index (χ2v) is 6.82. The van der Waals surface area contributed by atoms with Gasteiger partial charge in [-0.15, -0.1) is 0 Å². The molecule has 2 aromatic rings. The van der Waals surface area contributed by atoms with Crippen LogP contribution in [0.3, 0.4) is 0 Å². The molecule has 4 nitrogen and oxygen atoms in total. The number of aromatic hydroxyl groups is 1. The lowest BCUT2D eigenvalue weighted by Crippen LogP contribution is -2.27. The normalized spacial score (nSPS) is 12.3. The number of phenols is 1. The van der Waals surface area contributed by atoms with Crippen LogP contribution in [0.2, 0.25) is 0 Å². The molecular weight excluding hydrogens is 436 g/mol. The van der Waals surface area contributed by atoms with Crippen molar-refractivity contribution in [2.75, 3.05) is 0 Å². The Morgan fingerprint density at radius 3 is 2.38 bits per heavy atom. The van der Waals surface area contributed by atoms with E-state index >= 15 is 0 Å². The fourth-order valence-electron chi connectivity index (χ4n) is 2.08. The average Bonchev–Trinajstić information content (AvgIpc) is 2.58. The molecular formula is C18H14Br2N2O2. The Labute approximate surface area is 157 Å². The Hall–Kier alpha value is -2.10. The lowest BCUT2D eigenvalue weighted by molar-refractivity contribution is -0.117. The summed E-state index contributed by atoms with van der Waals surface area (Å²) in [4.78, 5) is 12.3. The first-order valence-corrected chi connectivity index (χ1v) is 8.66. The van der Waals surface area contributed by atoms with Crippen molar-refractivity contribution < 1.29 is 9.90 Å². The first kappa shape index (κ1) is 18.2. The van der Waals surface area contributed by atoms with Crippen LogP contribution in [-0.4, -0.2) is 11.0 Å². The van der Waals surface area contributed by atoms with Gasteiger partial charge in [0, 0.05) is 0 Å². The second-order valence-electron chi connectivity index (χ2n) is 5.11. The molecule has 1 amide bonds. The predicted molar refractivity (Wildman–Crippen MR) is 100 cm³/mol. The molecule has 0 fully saturated rings. The number of nitriles is 1. The Morgan fingerprint density at radius 2 is 1.83 bits per heavy atom.